The Hall–Kier alpha value is -0.650. The normalized spacial score (nSPS) is 13.0. The van der Waals surface area contributed by atoms with Crippen LogP contribution in [0.2, 0.25) is 0 Å². The van der Waals surface area contributed by atoms with Crippen LogP contribution in [0.1, 0.15) is 0 Å². The van der Waals surface area contributed by atoms with Gasteiger partial charge in [0.15, 0.2) is 0 Å². The SMILES string of the molecule is COCC(COC)C(N)C(=O)OC. The lowest BCUT2D eigenvalue weighted by atomic mass is 10.0. The number of carbonyl (C=O) groups is 1. The first-order valence-electron chi connectivity index (χ1n) is 3.98. The van der Waals surface area contributed by atoms with E-state index in [4.69, 9.17) is 15.2 Å². The molecule has 0 amide bonds. The fraction of sp³-hybridized carbons (Fsp3) is 0.875. The molecule has 0 aromatic heterocycles. The van der Waals surface area contributed by atoms with Gasteiger partial charge in [-0.3, -0.25) is 4.79 Å². The minimum atomic E-state index is -0.690. The number of rotatable bonds is 6. The number of hydrogen-bond donors (Lipinski definition) is 1. The van der Waals surface area contributed by atoms with Gasteiger partial charge in [-0.25, -0.2) is 0 Å². The van der Waals surface area contributed by atoms with Crippen molar-refractivity contribution in [2.24, 2.45) is 11.7 Å². The summed E-state index contributed by atoms with van der Waals surface area (Å²) in [7, 11) is 4.40. The summed E-state index contributed by atoms with van der Waals surface area (Å²) in [4.78, 5) is 11.0. The molecule has 0 saturated carbocycles. The molecule has 5 nitrogen and oxygen atoms in total. The molecule has 0 aliphatic carbocycles. The van der Waals surface area contributed by atoms with E-state index in [0.717, 1.165) is 0 Å². The molecular formula is C8H17NO4. The largest absolute Gasteiger partial charge is 0.468 e. The van der Waals surface area contributed by atoms with Crippen LogP contribution in [0.3, 0.4) is 0 Å². The van der Waals surface area contributed by atoms with E-state index in [0.29, 0.717) is 13.2 Å². The molecule has 2 N–H and O–H groups in total. The van der Waals surface area contributed by atoms with Crippen LogP contribution < -0.4 is 5.73 Å². The summed E-state index contributed by atoms with van der Waals surface area (Å²) in [6, 6.07) is -0.690. The summed E-state index contributed by atoms with van der Waals surface area (Å²) >= 11 is 0. The van der Waals surface area contributed by atoms with Gasteiger partial charge >= 0.3 is 5.97 Å². The first-order chi connectivity index (χ1) is 6.17. The predicted octanol–water partition coefficient (Wildman–Crippen LogP) is -0.604. The van der Waals surface area contributed by atoms with Crippen molar-refractivity contribution in [1.29, 1.82) is 0 Å². The van der Waals surface area contributed by atoms with Gasteiger partial charge in [-0.2, -0.15) is 0 Å². The van der Waals surface area contributed by atoms with E-state index in [1.165, 1.54) is 7.11 Å². The van der Waals surface area contributed by atoms with Gasteiger partial charge in [0.1, 0.15) is 6.04 Å². The third kappa shape index (κ3) is 4.21. The van der Waals surface area contributed by atoms with E-state index in [-0.39, 0.29) is 5.92 Å². The molecule has 0 fully saturated rings. The third-order valence-corrected chi connectivity index (χ3v) is 1.74. The molecule has 78 valence electrons. The molecule has 0 radical (unpaired) electrons. The number of methoxy groups -OCH3 is 3. The van der Waals surface area contributed by atoms with Crippen molar-refractivity contribution in [2.75, 3.05) is 34.5 Å². The number of ether oxygens (including phenoxy) is 3. The van der Waals surface area contributed by atoms with Crippen LogP contribution in [-0.2, 0) is 19.0 Å². The fourth-order valence-corrected chi connectivity index (χ4v) is 1.01. The maximum absolute atomic E-state index is 11.0. The zero-order chi connectivity index (χ0) is 10.3. The van der Waals surface area contributed by atoms with Crippen LogP contribution >= 0.6 is 0 Å². The Morgan fingerprint density at radius 2 is 1.69 bits per heavy atom. The zero-order valence-electron chi connectivity index (χ0n) is 8.28. The smallest absolute Gasteiger partial charge is 0.323 e. The van der Waals surface area contributed by atoms with Crippen molar-refractivity contribution in [2.45, 2.75) is 6.04 Å². The molecule has 0 rings (SSSR count). The van der Waals surface area contributed by atoms with Crippen LogP contribution in [0.5, 0.6) is 0 Å². The molecule has 13 heavy (non-hydrogen) atoms. The molecule has 0 aliphatic heterocycles. The maximum atomic E-state index is 11.0. The maximum Gasteiger partial charge on any atom is 0.323 e. The Morgan fingerprint density at radius 3 is 2.00 bits per heavy atom. The topological polar surface area (TPSA) is 70.8 Å². The van der Waals surface area contributed by atoms with Crippen LogP contribution in [0, 0.1) is 5.92 Å². The molecule has 0 bridgehead atoms. The first kappa shape index (κ1) is 12.3. The molecule has 5 heteroatoms. The second-order valence-electron chi connectivity index (χ2n) is 2.72. The Morgan fingerprint density at radius 1 is 1.23 bits per heavy atom. The summed E-state index contributed by atoms with van der Waals surface area (Å²) in [6.45, 7) is 0.758. The highest BCUT2D eigenvalue weighted by atomic mass is 16.5. The number of carbonyl (C=O) groups excluding carboxylic acids is 1. The summed E-state index contributed by atoms with van der Waals surface area (Å²) in [5.74, 6) is -0.610. The van der Waals surface area contributed by atoms with Crippen LogP contribution in [0.4, 0.5) is 0 Å². The minimum absolute atomic E-state index is 0.164. The van der Waals surface area contributed by atoms with Gasteiger partial charge in [-0.1, -0.05) is 0 Å². The lowest BCUT2D eigenvalue weighted by molar-refractivity contribution is -0.144. The van der Waals surface area contributed by atoms with Crippen molar-refractivity contribution < 1.29 is 19.0 Å². The van der Waals surface area contributed by atoms with Crippen molar-refractivity contribution >= 4 is 5.97 Å². The van der Waals surface area contributed by atoms with Crippen molar-refractivity contribution in [3.8, 4) is 0 Å². The van der Waals surface area contributed by atoms with Gasteiger partial charge in [0.2, 0.25) is 0 Å². The average molecular weight is 191 g/mol. The van der Waals surface area contributed by atoms with E-state index < -0.39 is 12.0 Å². The summed E-state index contributed by atoms with van der Waals surface area (Å²) in [5.41, 5.74) is 5.61. The Kier molecular flexibility index (Phi) is 6.48. The Balaban J connectivity index is 4.08. The van der Waals surface area contributed by atoms with E-state index in [1.807, 2.05) is 0 Å². The molecule has 0 heterocycles. The van der Waals surface area contributed by atoms with Crippen LogP contribution in [0.15, 0.2) is 0 Å². The second-order valence-corrected chi connectivity index (χ2v) is 2.72. The highest BCUT2D eigenvalue weighted by Gasteiger charge is 2.25. The van der Waals surface area contributed by atoms with Gasteiger partial charge in [-0.05, 0) is 0 Å². The molecular weight excluding hydrogens is 174 g/mol. The van der Waals surface area contributed by atoms with Crippen molar-refractivity contribution in [1.82, 2.24) is 0 Å². The first-order valence-corrected chi connectivity index (χ1v) is 3.98. The van der Waals surface area contributed by atoms with E-state index in [9.17, 15) is 4.79 Å². The van der Waals surface area contributed by atoms with E-state index in [1.54, 1.807) is 14.2 Å². The highest BCUT2D eigenvalue weighted by Crippen LogP contribution is 2.04. The van der Waals surface area contributed by atoms with Crippen LogP contribution in [0.25, 0.3) is 0 Å². The van der Waals surface area contributed by atoms with Gasteiger partial charge < -0.3 is 19.9 Å². The van der Waals surface area contributed by atoms with Crippen molar-refractivity contribution in [3.63, 3.8) is 0 Å². The van der Waals surface area contributed by atoms with E-state index in [2.05, 4.69) is 4.74 Å². The van der Waals surface area contributed by atoms with Crippen LogP contribution in [-0.4, -0.2) is 46.6 Å². The summed E-state index contributed by atoms with van der Waals surface area (Å²) in [6.07, 6.45) is 0. The molecule has 0 saturated heterocycles. The molecule has 0 aliphatic rings. The summed E-state index contributed by atoms with van der Waals surface area (Å²) in [5, 5.41) is 0. The lowest BCUT2D eigenvalue weighted by Gasteiger charge is -2.19. The third-order valence-electron chi connectivity index (χ3n) is 1.74. The molecule has 0 spiro atoms. The minimum Gasteiger partial charge on any atom is -0.468 e. The quantitative estimate of drug-likeness (QED) is 0.567. The number of esters is 1. The molecule has 0 aromatic rings. The van der Waals surface area contributed by atoms with Crippen molar-refractivity contribution in [3.05, 3.63) is 0 Å². The Bertz CT molecular complexity index is 145. The summed E-state index contributed by atoms with van der Waals surface area (Å²) < 4.78 is 14.3. The Labute approximate surface area is 78.1 Å². The molecule has 1 unspecified atom stereocenters. The fourth-order valence-electron chi connectivity index (χ4n) is 1.01. The second kappa shape index (κ2) is 6.82. The van der Waals surface area contributed by atoms with E-state index >= 15 is 0 Å². The molecule has 1 atom stereocenters. The average Bonchev–Trinajstić information content (AvgIpc) is 2.15. The molecule has 0 aromatic carbocycles. The van der Waals surface area contributed by atoms with Gasteiger partial charge in [0.05, 0.1) is 20.3 Å². The lowest BCUT2D eigenvalue weighted by Crippen LogP contribution is -2.43. The predicted molar refractivity (Wildman–Crippen MR) is 47.2 cm³/mol. The zero-order valence-corrected chi connectivity index (χ0v) is 8.28. The highest BCUT2D eigenvalue weighted by molar-refractivity contribution is 5.75. The van der Waals surface area contributed by atoms with Gasteiger partial charge in [0, 0.05) is 20.1 Å². The van der Waals surface area contributed by atoms with Gasteiger partial charge in [-0.15, -0.1) is 0 Å². The monoisotopic (exact) mass is 191 g/mol. The van der Waals surface area contributed by atoms with Gasteiger partial charge in [0.25, 0.3) is 0 Å². The number of nitrogens with two attached hydrogens (primary N) is 1. The standard InChI is InChI=1S/C8H17NO4/c1-11-4-6(5-12-2)7(9)8(10)13-3/h6-7H,4-5,9H2,1-3H3. The number of hydrogen-bond acceptors (Lipinski definition) is 5.